The highest BCUT2D eigenvalue weighted by Gasteiger charge is 2.25. The fourth-order valence-electron chi connectivity index (χ4n) is 1.83. The van der Waals surface area contributed by atoms with Crippen LogP contribution >= 0.6 is 0 Å². The molecule has 2 unspecified atom stereocenters. The zero-order chi connectivity index (χ0) is 16.0. The number of aliphatic carboxylic acids is 1. The molecule has 7 nitrogen and oxygen atoms in total. The van der Waals surface area contributed by atoms with Crippen molar-refractivity contribution in [1.29, 1.82) is 0 Å². The van der Waals surface area contributed by atoms with Crippen LogP contribution < -0.4 is 5.32 Å². The van der Waals surface area contributed by atoms with Crippen molar-refractivity contribution in [3.8, 4) is 0 Å². The molecular weight excluding hydrogens is 276 g/mol. The van der Waals surface area contributed by atoms with E-state index in [1.54, 1.807) is 6.92 Å². The summed E-state index contributed by atoms with van der Waals surface area (Å²) in [5, 5.41) is 22.1. The molecule has 0 radical (unpaired) electrons. The Kier molecular flexibility index (Phi) is 5.83. The number of hydrogen-bond acceptors (Lipinski definition) is 4. The minimum Gasteiger partial charge on any atom is -0.480 e. The summed E-state index contributed by atoms with van der Waals surface area (Å²) in [6.45, 7) is 3.61. The van der Waals surface area contributed by atoms with E-state index < -0.39 is 22.8 Å². The van der Waals surface area contributed by atoms with E-state index in [1.807, 2.05) is 6.92 Å². The predicted molar refractivity (Wildman–Crippen MR) is 75.8 cm³/mol. The Morgan fingerprint density at radius 3 is 2.33 bits per heavy atom. The van der Waals surface area contributed by atoms with Crippen molar-refractivity contribution < 1.29 is 19.6 Å². The van der Waals surface area contributed by atoms with Gasteiger partial charge >= 0.3 is 5.97 Å². The largest absolute Gasteiger partial charge is 0.480 e. The van der Waals surface area contributed by atoms with Gasteiger partial charge in [-0.15, -0.1) is 0 Å². The molecule has 0 spiro atoms. The molecule has 0 saturated heterocycles. The third-order valence-corrected chi connectivity index (χ3v) is 3.31. The van der Waals surface area contributed by atoms with Crippen LogP contribution in [0.4, 0.5) is 5.69 Å². The second-order valence-corrected chi connectivity index (χ2v) is 4.87. The Bertz CT molecular complexity index is 527. The van der Waals surface area contributed by atoms with Crippen LogP contribution in [0, 0.1) is 16.0 Å². The minimum absolute atomic E-state index is 0.0157. The first kappa shape index (κ1) is 16.6. The number of hydrogen-bond donors (Lipinski definition) is 2. The van der Waals surface area contributed by atoms with E-state index >= 15 is 0 Å². The van der Waals surface area contributed by atoms with Gasteiger partial charge < -0.3 is 10.4 Å². The topological polar surface area (TPSA) is 110 Å². The molecule has 21 heavy (non-hydrogen) atoms. The molecule has 0 heterocycles. The Balaban J connectivity index is 2.67. The van der Waals surface area contributed by atoms with Crippen molar-refractivity contribution in [2.75, 3.05) is 0 Å². The van der Waals surface area contributed by atoms with Gasteiger partial charge in [-0.1, -0.05) is 32.4 Å². The monoisotopic (exact) mass is 294 g/mol. The molecule has 0 saturated carbocycles. The SMILES string of the molecule is CCC(C)C(NC(=O)Cc1ccc([N+](=O)[O-])cc1)C(=O)O. The Morgan fingerprint density at radius 2 is 1.90 bits per heavy atom. The smallest absolute Gasteiger partial charge is 0.326 e. The lowest BCUT2D eigenvalue weighted by atomic mass is 9.99. The third-order valence-electron chi connectivity index (χ3n) is 3.31. The zero-order valence-electron chi connectivity index (χ0n) is 11.9. The first-order chi connectivity index (χ1) is 9.85. The van der Waals surface area contributed by atoms with Gasteiger partial charge in [0.25, 0.3) is 5.69 Å². The average Bonchev–Trinajstić information content (AvgIpc) is 2.44. The van der Waals surface area contributed by atoms with Gasteiger partial charge in [-0.25, -0.2) is 4.79 Å². The molecule has 1 amide bonds. The van der Waals surface area contributed by atoms with Gasteiger partial charge in [0.2, 0.25) is 5.91 Å². The Hall–Kier alpha value is -2.44. The van der Waals surface area contributed by atoms with E-state index in [0.717, 1.165) is 0 Å². The normalized spacial score (nSPS) is 13.2. The molecule has 0 aromatic heterocycles. The van der Waals surface area contributed by atoms with Crippen LogP contribution in [0.5, 0.6) is 0 Å². The number of nitrogens with one attached hydrogen (secondary N) is 1. The van der Waals surface area contributed by atoms with Crippen molar-refractivity contribution >= 4 is 17.6 Å². The second-order valence-electron chi connectivity index (χ2n) is 4.87. The summed E-state index contributed by atoms with van der Waals surface area (Å²) in [6.07, 6.45) is 0.618. The quantitative estimate of drug-likeness (QED) is 0.588. The van der Waals surface area contributed by atoms with Gasteiger partial charge in [0.05, 0.1) is 11.3 Å². The number of amides is 1. The average molecular weight is 294 g/mol. The number of carbonyl (C=O) groups excluding carboxylic acids is 1. The van der Waals surface area contributed by atoms with Crippen LogP contribution in [-0.4, -0.2) is 27.9 Å². The summed E-state index contributed by atoms with van der Waals surface area (Å²) in [4.78, 5) is 33.0. The molecular formula is C14H18N2O5. The molecule has 1 aromatic carbocycles. The Labute approximate surface area is 122 Å². The summed E-state index contributed by atoms with van der Waals surface area (Å²) >= 11 is 0. The first-order valence-electron chi connectivity index (χ1n) is 6.60. The first-order valence-corrected chi connectivity index (χ1v) is 6.60. The predicted octanol–water partition coefficient (Wildman–Crippen LogP) is 1.75. The summed E-state index contributed by atoms with van der Waals surface area (Å²) in [7, 11) is 0. The molecule has 0 aliphatic carbocycles. The summed E-state index contributed by atoms with van der Waals surface area (Å²) in [5.74, 6) is -1.67. The van der Waals surface area contributed by atoms with Crippen LogP contribution in [0.1, 0.15) is 25.8 Å². The van der Waals surface area contributed by atoms with Crippen LogP contribution in [0.25, 0.3) is 0 Å². The zero-order valence-corrected chi connectivity index (χ0v) is 11.9. The van der Waals surface area contributed by atoms with Crippen LogP contribution in [0.15, 0.2) is 24.3 Å². The maximum Gasteiger partial charge on any atom is 0.326 e. The number of nitro benzene ring substituents is 1. The number of rotatable bonds is 7. The van der Waals surface area contributed by atoms with Gasteiger partial charge in [-0.05, 0) is 11.5 Å². The summed E-state index contributed by atoms with van der Waals surface area (Å²) in [5.41, 5.74) is 0.536. The number of carbonyl (C=O) groups is 2. The van der Waals surface area contributed by atoms with Gasteiger partial charge in [-0.3, -0.25) is 14.9 Å². The highest BCUT2D eigenvalue weighted by atomic mass is 16.6. The molecule has 0 bridgehead atoms. The van der Waals surface area contributed by atoms with Gasteiger partial charge in [-0.2, -0.15) is 0 Å². The highest BCUT2D eigenvalue weighted by Crippen LogP contribution is 2.13. The van der Waals surface area contributed by atoms with Gasteiger partial charge in [0.1, 0.15) is 6.04 Å². The summed E-state index contributed by atoms with van der Waals surface area (Å²) < 4.78 is 0. The fourth-order valence-corrected chi connectivity index (χ4v) is 1.83. The molecule has 0 aliphatic heterocycles. The van der Waals surface area contributed by atoms with E-state index in [0.29, 0.717) is 12.0 Å². The molecule has 1 aromatic rings. The van der Waals surface area contributed by atoms with E-state index in [1.165, 1.54) is 24.3 Å². The minimum atomic E-state index is -1.07. The number of carboxylic acids is 1. The lowest BCUT2D eigenvalue weighted by Gasteiger charge is -2.20. The van der Waals surface area contributed by atoms with Crippen molar-refractivity contribution in [2.45, 2.75) is 32.7 Å². The number of benzene rings is 1. The van der Waals surface area contributed by atoms with Gasteiger partial charge in [0.15, 0.2) is 0 Å². The number of non-ortho nitro benzene ring substituents is 1. The van der Waals surface area contributed by atoms with Crippen molar-refractivity contribution in [2.24, 2.45) is 5.92 Å². The van der Waals surface area contributed by atoms with Crippen molar-refractivity contribution in [1.82, 2.24) is 5.32 Å². The van der Waals surface area contributed by atoms with Crippen LogP contribution in [0.3, 0.4) is 0 Å². The molecule has 0 aliphatic rings. The Morgan fingerprint density at radius 1 is 1.33 bits per heavy atom. The van der Waals surface area contributed by atoms with Crippen molar-refractivity contribution in [3.05, 3.63) is 39.9 Å². The molecule has 114 valence electrons. The maximum atomic E-state index is 11.9. The standard InChI is InChI=1S/C14H18N2O5/c1-3-9(2)13(14(18)19)15-12(17)8-10-4-6-11(7-5-10)16(20)21/h4-7,9,13H,3,8H2,1-2H3,(H,15,17)(H,18,19). The molecule has 7 heteroatoms. The molecule has 2 atom stereocenters. The number of nitro groups is 1. The fraction of sp³-hybridized carbons (Fsp3) is 0.429. The van der Waals surface area contributed by atoms with E-state index in [-0.39, 0.29) is 18.0 Å². The molecule has 1 rings (SSSR count). The van der Waals surface area contributed by atoms with Crippen molar-refractivity contribution in [3.63, 3.8) is 0 Å². The second kappa shape index (κ2) is 7.37. The lowest BCUT2D eigenvalue weighted by Crippen LogP contribution is -2.45. The van der Waals surface area contributed by atoms with E-state index in [9.17, 15) is 19.7 Å². The highest BCUT2D eigenvalue weighted by molar-refractivity contribution is 5.85. The van der Waals surface area contributed by atoms with Crippen LogP contribution in [-0.2, 0) is 16.0 Å². The number of nitrogens with zero attached hydrogens (tertiary/aromatic N) is 1. The van der Waals surface area contributed by atoms with Crippen LogP contribution in [0.2, 0.25) is 0 Å². The lowest BCUT2D eigenvalue weighted by molar-refractivity contribution is -0.384. The molecule has 2 N–H and O–H groups in total. The number of carboxylic acid groups (broad SMARTS) is 1. The summed E-state index contributed by atoms with van der Waals surface area (Å²) in [6, 6.07) is 4.66. The van der Waals surface area contributed by atoms with E-state index in [2.05, 4.69) is 5.32 Å². The molecule has 0 fully saturated rings. The van der Waals surface area contributed by atoms with E-state index in [4.69, 9.17) is 5.11 Å². The maximum absolute atomic E-state index is 11.9. The van der Waals surface area contributed by atoms with Gasteiger partial charge in [0, 0.05) is 12.1 Å². The third kappa shape index (κ3) is 4.87.